The number of nitrogens with one attached hydrogen (secondary N) is 2. The molecule has 0 spiro atoms. The van der Waals surface area contributed by atoms with Crippen molar-refractivity contribution in [2.24, 2.45) is 4.99 Å². The van der Waals surface area contributed by atoms with Gasteiger partial charge in [0.25, 0.3) is 5.69 Å². The molecule has 6 heteroatoms. The summed E-state index contributed by atoms with van der Waals surface area (Å²) in [5.41, 5.74) is 1.89. The Morgan fingerprint density at radius 3 is 2.36 bits per heavy atom. The van der Waals surface area contributed by atoms with Gasteiger partial charge >= 0.3 is 0 Å². The van der Waals surface area contributed by atoms with Crippen LogP contribution in [0.3, 0.4) is 0 Å². The normalized spacial score (nSPS) is 11.9. The van der Waals surface area contributed by atoms with Gasteiger partial charge in [0.2, 0.25) is 0 Å². The minimum Gasteiger partial charge on any atom is -0.356 e. The summed E-state index contributed by atoms with van der Waals surface area (Å²) in [5, 5.41) is 17.5. The number of nitro benzene ring substituents is 1. The first-order valence-electron chi connectivity index (χ1n) is 8.16. The monoisotopic (exact) mass is 340 g/mol. The molecule has 0 radical (unpaired) electrons. The quantitative estimate of drug-likeness (QED) is 0.366. The number of guanidine groups is 1. The lowest BCUT2D eigenvalue weighted by molar-refractivity contribution is -0.385. The van der Waals surface area contributed by atoms with E-state index in [-0.39, 0.29) is 16.0 Å². The van der Waals surface area contributed by atoms with E-state index in [9.17, 15) is 10.1 Å². The van der Waals surface area contributed by atoms with Gasteiger partial charge in [0, 0.05) is 37.2 Å². The predicted octanol–water partition coefficient (Wildman–Crippen LogP) is 3.24. The molecule has 0 saturated heterocycles. The Labute approximate surface area is 148 Å². The van der Waals surface area contributed by atoms with E-state index in [4.69, 9.17) is 0 Å². The van der Waals surface area contributed by atoms with Crippen LogP contribution in [0.2, 0.25) is 0 Å². The molecule has 0 aliphatic heterocycles. The van der Waals surface area contributed by atoms with Crippen molar-refractivity contribution in [1.29, 1.82) is 0 Å². The molecular weight excluding hydrogens is 316 g/mol. The van der Waals surface area contributed by atoms with Crippen molar-refractivity contribution >= 4 is 11.6 Å². The molecule has 2 aromatic carbocycles. The maximum absolute atomic E-state index is 11.1. The largest absolute Gasteiger partial charge is 0.356 e. The predicted molar refractivity (Wildman–Crippen MR) is 101 cm³/mol. The van der Waals surface area contributed by atoms with Crippen molar-refractivity contribution < 1.29 is 4.92 Å². The molecule has 0 heterocycles. The standard InChI is InChI=1S/C19H24N4O2/c1-19(2,16-10-5-4-6-11-16)14-22-18(20-3)21-13-15-9-7-8-12-17(15)23(24)25/h4-12H,13-14H2,1-3H3,(H2,20,21,22). The zero-order valence-electron chi connectivity index (χ0n) is 14.8. The summed E-state index contributed by atoms with van der Waals surface area (Å²) in [6.45, 7) is 5.34. The topological polar surface area (TPSA) is 79.6 Å². The molecule has 0 fully saturated rings. The van der Waals surface area contributed by atoms with E-state index >= 15 is 0 Å². The van der Waals surface area contributed by atoms with Crippen molar-refractivity contribution in [3.8, 4) is 0 Å². The molecule has 0 aliphatic carbocycles. The first kappa shape index (κ1) is 18.4. The minimum absolute atomic E-state index is 0.0718. The molecule has 0 aromatic heterocycles. The third kappa shape index (κ3) is 5.04. The first-order valence-corrected chi connectivity index (χ1v) is 8.16. The van der Waals surface area contributed by atoms with Gasteiger partial charge in [-0.2, -0.15) is 0 Å². The fourth-order valence-corrected chi connectivity index (χ4v) is 2.53. The Kier molecular flexibility index (Phi) is 6.11. The molecule has 0 unspecified atom stereocenters. The summed E-state index contributed by atoms with van der Waals surface area (Å²) in [4.78, 5) is 14.9. The smallest absolute Gasteiger partial charge is 0.274 e. The van der Waals surface area contributed by atoms with Gasteiger partial charge in [0.15, 0.2) is 5.96 Å². The van der Waals surface area contributed by atoms with Gasteiger partial charge in [0.05, 0.1) is 4.92 Å². The average Bonchev–Trinajstić information content (AvgIpc) is 2.62. The van der Waals surface area contributed by atoms with E-state index in [1.807, 2.05) is 18.2 Å². The Morgan fingerprint density at radius 2 is 1.72 bits per heavy atom. The van der Waals surface area contributed by atoms with Gasteiger partial charge in [-0.3, -0.25) is 15.1 Å². The number of nitro groups is 1. The lowest BCUT2D eigenvalue weighted by atomic mass is 9.85. The molecule has 2 aromatic rings. The van der Waals surface area contributed by atoms with Crippen LogP contribution in [-0.4, -0.2) is 24.5 Å². The Morgan fingerprint density at radius 1 is 1.08 bits per heavy atom. The van der Waals surface area contributed by atoms with Gasteiger partial charge in [-0.25, -0.2) is 0 Å². The highest BCUT2D eigenvalue weighted by molar-refractivity contribution is 5.79. The summed E-state index contributed by atoms with van der Waals surface area (Å²) >= 11 is 0. The van der Waals surface area contributed by atoms with Crippen LogP contribution in [0.5, 0.6) is 0 Å². The lowest BCUT2D eigenvalue weighted by Crippen LogP contribution is -2.43. The fourth-order valence-electron chi connectivity index (χ4n) is 2.53. The minimum atomic E-state index is -0.369. The number of benzene rings is 2. The van der Waals surface area contributed by atoms with E-state index in [0.717, 1.165) is 0 Å². The molecule has 132 valence electrons. The average molecular weight is 340 g/mol. The molecule has 0 atom stereocenters. The molecule has 25 heavy (non-hydrogen) atoms. The van der Waals surface area contributed by atoms with Crippen LogP contribution < -0.4 is 10.6 Å². The van der Waals surface area contributed by atoms with Gasteiger partial charge < -0.3 is 10.6 Å². The summed E-state index contributed by atoms with van der Waals surface area (Å²) in [6, 6.07) is 17.0. The van der Waals surface area contributed by atoms with Crippen LogP contribution in [0.15, 0.2) is 59.6 Å². The number of nitrogens with zero attached hydrogens (tertiary/aromatic N) is 2. The van der Waals surface area contributed by atoms with Gasteiger partial charge in [0.1, 0.15) is 0 Å². The highest BCUT2D eigenvalue weighted by Crippen LogP contribution is 2.21. The Hall–Kier alpha value is -2.89. The van der Waals surface area contributed by atoms with E-state index in [1.165, 1.54) is 11.6 Å². The maximum atomic E-state index is 11.1. The number of aliphatic imine (C=N–C) groups is 1. The molecule has 2 N–H and O–H groups in total. The van der Waals surface area contributed by atoms with Crippen molar-refractivity contribution in [2.75, 3.05) is 13.6 Å². The van der Waals surface area contributed by atoms with E-state index in [2.05, 4.69) is 41.6 Å². The number of para-hydroxylation sites is 1. The molecular formula is C19H24N4O2. The second-order valence-electron chi connectivity index (χ2n) is 6.42. The van der Waals surface area contributed by atoms with Gasteiger partial charge in [-0.15, -0.1) is 0 Å². The summed E-state index contributed by atoms with van der Waals surface area (Å²) in [7, 11) is 1.68. The fraction of sp³-hybridized carbons (Fsp3) is 0.316. The Bertz CT molecular complexity index is 742. The highest BCUT2D eigenvalue weighted by Gasteiger charge is 2.20. The number of hydrogen-bond acceptors (Lipinski definition) is 3. The second-order valence-corrected chi connectivity index (χ2v) is 6.42. The summed E-state index contributed by atoms with van der Waals surface area (Å²) < 4.78 is 0. The van der Waals surface area contributed by atoms with Crippen LogP contribution in [0.25, 0.3) is 0 Å². The van der Waals surface area contributed by atoms with Gasteiger partial charge in [-0.1, -0.05) is 62.4 Å². The molecule has 6 nitrogen and oxygen atoms in total. The summed E-state index contributed by atoms with van der Waals surface area (Å²) in [6.07, 6.45) is 0. The number of hydrogen-bond donors (Lipinski definition) is 2. The molecule has 2 rings (SSSR count). The van der Waals surface area contributed by atoms with Crippen LogP contribution in [0.4, 0.5) is 5.69 Å². The zero-order valence-corrected chi connectivity index (χ0v) is 14.8. The van der Waals surface area contributed by atoms with Crippen molar-refractivity contribution in [1.82, 2.24) is 10.6 Å². The number of rotatable bonds is 6. The Balaban J connectivity index is 1.97. The third-order valence-corrected chi connectivity index (χ3v) is 4.11. The maximum Gasteiger partial charge on any atom is 0.274 e. The van der Waals surface area contributed by atoms with Crippen LogP contribution >= 0.6 is 0 Å². The van der Waals surface area contributed by atoms with Crippen molar-refractivity contribution in [2.45, 2.75) is 25.8 Å². The molecule has 0 amide bonds. The lowest BCUT2D eigenvalue weighted by Gasteiger charge is -2.26. The van der Waals surface area contributed by atoms with E-state index in [1.54, 1.807) is 25.2 Å². The molecule has 0 aliphatic rings. The SMILES string of the molecule is CN=C(NCc1ccccc1[N+](=O)[O-])NCC(C)(C)c1ccccc1. The van der Waals surface area contributed by atoms with Crippen LogP contribution in [0, 0.1) is 10.1 Å². The highest BCUT2D eigenvalue weighted by atomic mass is 16.6. The van der Waals surface area contributed by atoms with Crippen LogP contribution in [0.1, 0.15) is 25.0 Å². The van der Waals surface area contributed by atoms with Crippen molar-refractivity contribution in [3.05, 3.63) is 75.8 Å². The third-order valence-electron chi connectivity index (χ3n) is 4.11. The first-order chi connectivity index (χ1) is 11.9. The zero-order chi connectivity index (χ0) is 18.3. The van der Waals surface area contributed by atoms with E-state index < -0.39 is 0 Å². The summed E-state index contributed by atoms with van der Waals surface area (Å²) in [5.74, 6) is 0.613. The van der Waals surface area contributed by atoms with E-state index in [0.29, 0.717) is 24.6 Å². The van der Waals surface area contributed by atoms with Crippen LogP contribution in [-0.2, 0) is 12.0 Å². The molecule has 0 saturated carbocycles. The second kappa shape index (κ2) is 8.28. The van der Waals surface area contributed by atoms with Gasteiger partial charge in [-0.05, 0) is 5.56 Å². The van der Waals surface area contributed by atoms with Crippen molar-refractivity contribution in [3.63, 3.8) is 0 Å². The molecule has 0 bridgehead atoms.